The highest BCUT2D eigenvalue weighted by molar-refractivity contribution is 7.99. The summed E-state index contributed by atoms with van der Waals surface area (Å²) in [6.45, 7) is 1.04. The molecule has 1 amide bonds. The summed E-state index contributed by atoms with van der Waals surface area (Å²) in [5.41, 5.74) is 3.52. The molecule has 5 rings (SSSR count). The van der Waals surface area contributed by atoms with Crippen molar-refractivity contribution in [3.8, 4) is 22.7 Å². The third-order valence-electron chi connectivity index (χ3n) is 5.20. The number of nitrogens with one attached hydrogen (secondary N) is 1. The summed E-state index contributed by atoms with van der Waals surface area (Å²) in [7, 11) is 0. The van der Waals surface area contributed by atoms with Crippen molar-refractivity contribution >= 4 is 35.0 Å². The number of anilines is 1. The predicted molar refractivity (Wildman–Crippen MR) is 125 cm³/mol. The third kappa shape index (κ3) is 4.71. The van der Waals surface area contributed by atoms with E-state index in [0.717, 1.165) is 41.3 Å². The highest BCUT2D eigenvalue weighted by Gasteiger charge is 2.14. The minimum absolute atomic E-state index is 0.147. The Morgan fingerprint density at radius 1 is 1.06 bits per heavy atom. The Bertz CT molecular complexity index is 1210. The van der Waals surface area contributed by atoms with E-state index >= 15 is 0 Å². The first kappa shape index (κ1) is 20.8. The molecule has 0 radical (unpaired) electrons. The van der Waals surface area contributed by atoms with Gasteiger partial charge >= 0.3 is 0 Å². The number of imidazole rings is 1. The lowest BCUT2D eigenvalue weighted by molar-refractivity contribution is -0.113. The van der Waals surface area contributed by atoms with Crippen LogP contribution in [0, 0.1) is 0 Å². The Kier molecular flexibility index (Phi) is 5.96. The van der Waals surface area contributed by atoms with Gasteiger partial charge in [-0.1, -0.05) is 35.5 Å². The Balaban J connectivity index is 1.16. The molecule has 2 aromatic carbocycles. The molecule has 1 aliphatic rings. The van der Waals surface area contributed by atoms with E-state index in [9.17, 15) is 4.79 Å². The Morgan fingerprint density at radius 2 is 1.84 bits per heavy atom. The van der Waals surface area contributed by atoms with Crippen LogP contribution in [0.15, 0.2) is 64.4 Å². The summed E-state index contributed by atoms with van der Waals surface area (Å²) < 4.78 is 7.86. The smallest absolute Gasteiger partial charge is 0.277 e. The van der Waals surface area contributed by atoms with Crippen LogP contribution in [0.5, 0.6) is 0 Å². The summed E-state index contributed by atoms with van der Waals surface area (Å²) >= 11 is 7.09. The molecule has 0 atom stereocenters. The van der Waals surface area contributed by atoms with E-state index in [-0.39, 0.29) is 11.7 Å². The SMILES string of the molecule is O=C(CSc1nnc(-c2ccc(Cl)cc2)o1)Nc1ccc(-c2cn3c(n2)CCCC3)cc1. The van der Waals surface area contributed by atoms with Gasteiger partial charge in [-0.05, 0) is 49.2 Å². The lowest BCUT2D eigenvalue weighted by Crippen LogP contribution is -2.13. The fourth-order valence-electron chi connectivity index (χ4n) is 3.58. The largest absolute Gasteiger partial charge is 0.411 e. The topological polar surface area (TPSA) is 85.8 Å². The van der Waals surface area contributed by atoms with Crippen LogP contribution in [0.25, 0.3) is 22.7 Å². The van der Waals surface area contributed by atoms with Gasteiger partial charge in [-0.15, -0.1) is 10.2 Å². The van der Waals surface area contributed by atoms with Crippen LogP contribution in [0.1, 0.15) is 18.7 Å². The van der Waals surface area contributed by atoms with E-state index in [1.807, 2.05) is 24.3 Å². The fourth-order valence-corrected chi connectivity index (χ4v) is 4.27. The molecular formula is C23H20ClN5O2S. The van der Waals surface area contributed by atoms with Gasteiger partial charge < -0.3 is 14.3 Å². The molecule has 7 nitrogen and oxygen atoms in total. The number of halogens is 1. The molecule has 4 aromatic rings. The molecule has 0 unspecified atom stereocenters. The Hall–Kier alpha value is -3.10. The molecule has 1 N–H and O–H groups in total. The van der Waals surface area contributed by atoms with Crippen molar-refractivity contribution in [3.63, 3.8) is 0 Å². The van der Waals surface area contributed by atoms with E-state index in [2.05, 4.69) is 26.3 Å². The van der Waals surface area contributed by atoms with E-state index in [4.69, 9.17) is 21.0 Å². The average molecular weight is 466 g/mol. The first-order chi connectivity index (χ1) is 15.6. The van der Waals surface area contributed by atoms with Gasteiger partial charge in [-0.3, -0.25) is 4.79 Å². The Morgan fingerprint density at radius 3 is 2.62 bits per heavy atom. The minimum atomic E-state index is -0.147. The van der Waals surface area contributed by atoms with Gasteiger partial charge in [0.05, 0.1) is 11.4 Å². The number of thioether (sulfide) groups is 1. The maximum atomic E-state index is 12.3. The molecule has 0 bridgehead atoms. The van der Waals surface area contributed by atoms with E-state index in [1.165, 1.54) is 24.6 Å². The number of carbonyl (C=O) groups excluding carboxylic acids is 1. The number of fused-ring (bicyclic) bond motifs is 1. The van der Waals surface area contributed by atoms with Gasteiger partial charge in [-0.25, -0.2) is 4.98 Å². The van der Waals surface area contributed by atoms with Crippen LogP contribution in [0.2, 0.25) is 5.02 Å². The second kappa shape index (κ2) is 9.18. The molecule has 0 saturated carbocycles. The molecule has 0 aliphatic carbocycles. The number of rotatable bonds is 6. The standard InChI is InChI=1S/C23H20ClN5O2S/c24-17-8-4-16(5-9-17)22-27-28-23(31-22)32-14-21(30)25-18-10-6-15(7-11-18)19-13-29-12-2-1-3-20(29)26-19/h4-11,13H,1-3,12,14H2,(H,25,30). The lowest BCUT2D eigenvalue weighted by Gasteiger charge is -2.11. The van der Waals surface area contributed by atoms with Crippen LogP contribution in [-0.2, 0) is 17.8 Å². The zero-order chi connectivity index (χ0) is 21.9. The number of hydrogen-bond acceptors (Lipinski definition) is 6. The number of carbonyl (C=O) groups is 1. The lowest BCUT2D eigenvalue weighted by atomic mass is 10.1. The second-order valence-corrected chi connectivity index (χ2v) is 8.85. The number of hydrogen-bond donors (Lipinski definition) is 1. The molecular weight excluding hydrogens is 446 g/mol. The van der Waals surface area contributed by atoms with Crippen molar-refractivity contribution in [1.29, 1.82) is 0 Å². The molecule has 2 aromatic heterocycles. The molecule has 162 valence electrons. The quantitative estimate of drug-likeness (QED) is 0.388. The molecule has 9 heteroatoms. The van der Waals surface area contributed by atoms with Gasteiger partial charge in [0, 0.05) is 41.0 Å². The Labute approximate surface area is 194 Å². The van der Waals surface area contributed by atoms with E-state index in [1.54, 1.807) is 24.3 Å². The van der Waals surface area contributed by atoms with Crippen molar-refractivity contribution < 1.29 is 9.21 Å². The van der Waals surface area contributed by atoms with Crippen molar-refractivity contribution in [2.24, 2.45) is 0 Å². The maximum absolute atomic E-state index is 12.3. The van der Waals surface area contributed by atoms with Crippen LogP contribution < -0.4 is 5.32 Å². The van der Waals surface area contributed by atoms with Gasteiger partial charge in [0.15, 0.2) is 0 Å². The fraction of sp³-hybridized carbons (Fsp3) is 0.217. The monoisotopic (exact) mass is 465 g/mol. The van der Waals surface area contributed by atoms with Crippen molar-refractivity contribution in [3.05, 3.63) is 65.6 Å². The summed E-state index contributed by atoms with van der Waals surface area (Å²) in [5.74, 6) is 1.56. The predicted octanol–water partition coefficient (Wildman–Crippen LogP) is 5.32. The summed E-state index contributed by atoms with van der Waals surface area (Å²) in [6, 6.07) is 14.9. The van der Waals surface area contributed by atoms with Crippen LogP contribution in [0.3, 0.4) is 0 Å². The maximum Gasteiger partial charge on any atom is 0.277 e. The summed E-state index contributed by atoms with van der Waals surface area (Å²) in [4.78, 5) is 17.1. The second-order valence-electron chi connectivity index (χ2n) is 7.49. The average Bonchev–Trinajstić information content (AvgIpc) is 3.46. The van der Waals surface area contributed by atoms with Crippen molar-refractivity contribution in [1.82, 2.24) is 19.7 Å². The third-order valence-corrected chi connectivity index (χ3v) is 6.27. The summed E-state index contributed by atoms with van der Waals surface area (Å²) in [6.07, 6.45) is 5.55. The first-order valence-corrected chi connectivity index (χ1v) is 11.7. The van der Waals surface area contributed by atoms with Gasteiger partial charge in [0.1, 0.15) is 5.82 Å². The van der Waals surface area contributed by atoms with Crippen LogP contribution in [-0.4, -0.2) is 31.4 Å². The zero-order valence-corrected chi connectivity index (χ0v) is 18.7. The number of aromatic nitrogens is 4. The van der Waals surface area contributed by atoms with E-state index < -0.39 is 0 Å². The van der Waals surface area contributed by atoms with Crippen LogP contribution in [0.4, 0.5) is 5.69 Å². The molecule has 32 heavy (non-hydrogen) atoms. The molecule has 3 heterocycles. The normalized spacial score (nSPS) is 13.0. The van der Waals surface area contributed by atoms with Crippen molar-refractivity contribution in [2.45, 2.75) is 31.0 Å². The molecule has 0 fully saturated rings. The number of nitrogens with zero attached hydrogens (tertiary/aromatic N) is 4. The van der Waals surface area contributed by atoms with Gasteiger partial charge in [-0.2, -0.15) is 0 Å². The number of benzene rings is 2. The molecule has 0 saturated heterocycles. The first-order valence-electron chi connectivity index (χ1n) is 10.3. The highest BCUT2D eigenvalue weighted by Crippen LogP contribution is 2.26. The minimum Gasteiger partial charge on any atom is -0.411 e. The van der Waals surface area contributed by atoms with E-state index in [0.29, 0.717) is 16.1 Å². The van der Waals surface area contributed by atoms with Gasteiger partial charge in [0.25, 0.3) is 5.22 Å². The zero-order valence-electron chi connectivity index (χ0n) is 17.1. The molecule has 0 spiro atoms. The number of amides is 1. The van der Waals surface area contributed by atoms with Crippen molar-refractivity contribution in [2.75, 3.05) is 11.1 Å². The van der Waals surface area contributed by atoms with Crippen LogP contribution >= 0.6 is 23.4 Å². The highest BCUT2D eigenvalue weighted by atomic mass is 35.5. The molecule has 1 aliphatic heterocycles. The number of aryl methyl sites for hydroxylation is 2. The van der Waals surface area contributed by atoms with Gasteiger partial charge in [0.2, 0.25) is 11.8 Å². The summed E-state index contributed by atoms with van der Waals surface area (Å²) in [5, 5.41) is 11.9.